The van der Waals surface area contributed by atoms with Gasteiger partial charge in [0.05, 0.1) is 10.4 Å². The van der Waals surface area contributed by atoms with Gasteiger partial charge in [-0.25, -0.2) is 0 Å². The molecule has 0 aliphatic carbocycles. The van der Waals surface area contributed by atoms with E-state index >= 15 is 0 Å². The Morgan fingerprint density at radius 3 is 2.43 bits per heavy atom. The smallest absolute Gasteiger partial charge is 0.353 e. The second-order valence-corrected chi connectivity index (χ2v) is 8.52. The number of carbonyl (C=O) groups excluding carboxylic acids is 3. The van der Waals surface area contributed by atoms with Gasteiger partial charge in [-0.05, 0) is 36.4 Å². The first-order chi connectivity index (χ1) is 17.7. The van der Waals surface area contributed by atoms with Crippen LogP contribution in [0.25, 0.3) is 10.9 Å². The molecule has 0 aliphatic heterocycles. The Morgan fingerprint density at radius 1 is 0.973 bits per heavy atom. The van der Waals surface area contributed by atoms with Crippen LogP contribution in [0, 0.1) is 10.1 Å². The van der Waals surface area contributed by atoms with Crippen molar-refractivity contribution >= 4 is 67.3 Å². The highest BCUT2D eigenvalue weighted by Gasteiger charge is 2.21. The number of aromatic nitrogens is 1. The summed E-state index contributed by atoms with van der Waals surface area (Å²) in [5.74, 6) is -3.34. The minimum atomic E-state index is -1.30. The largest absolute Gasteiger partial charge is 0.493 e. The van der Waals surface area contributed by atoms with E-state index in [1.807, 2.05) is 0 Å². The van der Waals surface area contributed by atoms with Gasteiger partial charge in [-0.2, -0.15) is 0 Å². The van der Waals surface area contributed by atoms with E-state index in [-0.39, 0.29) is 23.6 Å². The first-order valence-corrected chi connectivity index (χ1v) is 11.4. The third-order valence-corrected chi connectivity index (χ3v) is 5.57. The summed E-state index contributed by atoms with van der Waals surface area (Å²) in [5, 5.41) is 34.2. The second kappa shape index (κ2) is 10.8. The molecule has 12 nitrogen and oxygen atoms in total. The lowest BCUT2D eigenvalue weighted by molar-refractivity contribution is -0.384. The van der Waals surface area contributed by atoms with Crippen LogP contribution in [0.5, 0.6) is 5.88 Å². The highest BCUT2D eigenvalue weighted by atomic mass is 79.9. The molecular weight excluding hydrogens is 548 g/mol. The lowest BCUT2D eigenvalue weighted by atomic mass is 10.2. The quantitative estimate of drug-likeness (QED) is 0.130. The number of halogens is 1. The topological polar surface area (TPSA) is 168 Å². The number of hydrogen-bond acceptors (Lipinski definition) is 7. The van der Waals surface area contributed by atoms with Gasteiger partial charge < -0.3 is 20.3 Å². The molecule has 0 aliphatic rings. The lowest BCUT2D eigenvalue weighted by Gasteiger charge is -2.08. The molecule has 0 fully saturated rings. The lowest BCUT2D eigenvalue weighted by Crippen LogP contribution is -2.20. The number of fused-ring (bicyclic) bond motifs is 1. The zero-order chi connectivity index (χ0) is 26.5. The number of nitro benzene ring substituents is 1. The van der Waals surface area contributed by atoms with Crippen molar-refractivity contribution in [3.8, 4) is 5.88 Å². The number of nitrogens with one attached hydrogen (secondary N) is 2. The molecule has 1 heterocycles. The first kappa shape index (κ1) is 25.2. The van der Waals surface area contributed by atoms with Crippen molar-refractivity contribution in [3.05, 3.63) is 87.4 Å². The zero-order valence-electron chi connectivity index (χ0n) is 18.8. The molecule has 1 aromatic heterocycles. The minimum Gasteiger partial charge on any atom is -0.493 e. The normalized spacial score (nSPS) is 10.9. The van der Waals surface area contributed by atoms with E-state index < -0.39 is 28.5 Å². The van der Waals surface area contributed by atoms with Crippen molar-refractivity contribution in [2.45, 2.75) is 6.54 Å². The predicted molar refractivity (Wildman–Crippen MR) is 138 cm³/mol. The molecule has 0 spiro atoms. The van der Waals surface area contributed by atoms with Crippen molar-refractivity contribution in [3.63, 3.8) is 0 Å². The molecular formula is C24H17BrN6O6. The number of non-ortho nitro benzene ring substituents is 1. The molecule has 0 atom stereocenters. The van der Waals surface area contributed by atoms with Gasteiger partial charge in [0.25, 0.3) is 5.69 Å². The Balaban J connectivity index is 1.57. The maximum absolute atomic E-state index is 12.6. The van der Waals surface area contributed by atoms with E-state index in [0.717, 1.165) is 6.07 Å². The molecule has 4 aromatic rings. The van der Waals surface area contributed by atoms with Gasteiger partial charge in [-0.1, -0.05) is 40.2 Å². The van der Waals surface area contributed by atoms with Crippen molar-refractivity contribution in [1.29, 1.82) is 0 Å². The molecule has 3 amide bonds. The van der Waals surface area contributed by atoms with Gasteiger partial charge in [0.15, 0.2) is 5.69 Å². The molecule has 186 valence electrons. The van der Waals surface area contributed by atoms with Crippen molar-refractivity contribution in [2.75, 3.05) is 10.6 Å². The summed E-state index contributed by atoms with van der Waals surface area (Å²) >= 11 is 3.33. The Hall–Kier alpha value is -4.91. The number of aromatic hydroxyl groups is 1. The number of para-hydroxylation sites is 1. The molecule has 0 radical (unpaired) electrons. The van der Waals surface area contributed by atoms with E-state index in [9.17, 15) is 29.6 Å². The Labute approximate surface area is 216 Å². The third-order valence-electron chi connectivity index (χ3n) is 5.08. The zero-order valence-corrected chi connectivity index (χ0v) is 20.4. The predicted octanol–water partition coefficient (Wildman–Crippen LogP) is 4.91. The Kier molecular flexibility index (Phi) is 7.34. The fraction of sp³-hybridized carbons (Fsp3) is 0.0417. The molecule has 0 saturated heterocycles. The standard InChI is InChI=1S/C24H17BrN6O6/c25-14-9-10-19-18(11-14)21(24(35)30(19)13-20(32)26-15-5-2-1-3-6-15)28-29-23(34)22(33)27-16-7-4-8-17(12-16)31(36)37/h1-12,35H,13H2,(H,26,32)(H,27,33). The highest BCUT2D eigenvalue weighted by Crippen LogP contribution is 2.40. The molecule has 4 rings (SSSR count). The van der Waals surface area contributed by atoms with Gasteiger partial charge in [-0.15, -0.1) is 10.2 Å². The van der Waals surface area contributed by atoms with Gasteiger partial charge in [0.2, 0.25) is 11.8 Å². The minimum absolute atomic E-state index is 0.0237. The summed E-state index contributed by atoms with van der Waals surface area (Å²) in [6.45, 7) is -0.268. The number of carbonyl (C=O) groups is 3. The van der Waals surface area contributed by atoms with Crippen LogP contribution in [0.15, 0.2) is 87.5 Å². The van der Waals surface area contributed by atoms with E-state index in [1.54, 1.807) is 48.5 Å². The SMILES string of the molecule is O=C(Cn1c(O)c(N=NC(=O)C(=O)Nc2cccc([N+](=O)[O-])c2)c2cc(Br)ccc21)Nc1ccccc1. The molecule has 3 aromatic carbocycles. The van der Waals surface area contributed by atoms with Crippen LogP contribution in [-0.4, -0.2) is 32.3 Å². The average molecular weight is 565 g/mol. The summed E-state index contributed by atoms with van der Waals surface area (Å²) < 4.78 is 1.93. The fourth-order valence-electron chi connectivity index (χ4n) is 3.44. The number of nitro groups is 1. The van der Waals surface area contributed by atoms with Gasteiger partial charge >= 0.3 is 11.8 Å². The number of amides is 3. The van der Waals surface area contributed by atoms with Crippen LogP contribution >= 0.6 is 15.9 Å². The van der Waals surface area contributed by atoms with Crippen molar-refractivity contribution in [2.24, 2.45) is 10.2 Å². The average Bonchev–Trinajstić information content (AvgIpc) is 3.12. The fourth-order valence-corrected chi connectivity index (χ4v) is 3.80. The number of hydrogen-bond donors (Lipinski definition) is 3. The van der Waals surface area contributed by atoms with Crippen LogP contribution in [0.3, 0.4) is 0 Å². The van der Waals surface area contributed by atoms with Crippen molar-refractivity contribution in [1.82, 2.24) is 4.57 Å². The maximum Gasteiger partial charge on any atom is 0.353 e. The highest BCUT2D eigenvalue weighted by molar-refractivity contribution is 9.10. The van der Waals surface area contributed by atoms with Gasteiger partial charge in [0, 0.05) is 33.4 Å². The van der Waals surface area contributed by atoms with E-state index in [2.05, 4.69) is 36.8 Å². The summed E-state index contributed by atoms with van der Waals surface area (Å²) in [5.41, 5.74) is 0.639. The summed E-state index contributed by atoms with van der Waals surface area (Å²) in [6.07, 6.45) is 0. The van der Waals surface area contributed by atoms with Crippen molar-refractivity contribution < 1.29 is 24.4 Å². The number of benzene rings is 3. The number of nitrogens with zero attached hydrogens (tertiary/aromatic N) is 4. The van der Waals surface area contributed by atoms with Crippen LogP contribution in [0.4, 0.5) is 22.7 Å². The molecule has 13 heteroatoms. The number of rotatable bonds is 6. The second-order valence-electron chi connectivity index (χ2n) is 7.60. The van der Waals surface area contributed by atoms with Gasteiger partial charge in [0.1, 0.15) is 6.54 Å². The van der Waals surface area contributed by atoms with E-state index in [0.29, 0.717) is 21.1 Å². The third kappa shape index (κ3) is 5.85. The molecule has 0 bridgehead atoms. The molecule has 0 unspecified atom stereocenters. The van der Waals surface area contributed by atoms with Crippen LogP contribution in [-0.2, 0) is 20.9 Å². The summed E-state index contributed by atoms with van der Waals surface area (Å²) in [7, 11) is 0. The number of azo groups is 1. The maximum atomic E-state index is 12.6. The van der Waals surface area contributed by atoms with Crippen LogP contribution in [0.1, 0.15) is 0 Å². The summed E-state index contributed by atoms with van der Waals surface area (Å²) in [4.78, 5) is 47.3. The van der Waals surface area contributed by atoms with Gasteiger partial charge in [-0.3, -0.25) is 24.5 Å². The van der Waals surface area contributed by atoms with E-state index in [1.165, 1.54) is 22.8 Å². The molecule has 37 heavy (non-hydrogen) atoms. The monoisotopic (exact) mass is 564 g/mol. The van der Waals surface area contributed by atoms with Crippen LogP contribution < -0.4 is 10.6 Å². The van der Waals surface area contributed by atoms with E-state index in [4.69, 9.17) is 0 Å². The summed E-state index contributed by atoms with van der Waals surface area (Å²) in [6, 6.07) is 18.7. The molecule has 3 N–H and O–H groups in total. The Morgan fingerprint density at radius 2 is 1.70 bits per heavy atom. The van der Waals surface area contributed by atoms with Crippen LogP contribution in [0.2, 0.25) is 0 Å². The first-order valence-electron chi connectivity index (χ1n) is 10.6. The number of anilines is 2. The Bertz CT molecular complexity index is 1570. The molecule has 0 saturated carbocycles.